The van der Waals surface area contributed by atoms with E-state index < -0.39 is 0 Å². The van der Waals surface area contributed by atoms with Gasteiger partial charge < -0.3 is 15.0 Å². The average molecular weight is 327 g/mol. The van der Waals surface area contributed by atoms with Gasteiger partial charge in [-0.05, 0) is 57.0 Å². The summed E-state index contributed by atoms with van der Waals surface area (Å²) in [7, 11) is 1.97. The normalized spacial score (nSPS) is 17.7. The molecule has 22 heavy (non-hydrogen) atoms. The first-order valence-corrected chi connectivity index (χ1v) is 7.91. The van der Waals surface area contributed by atoms with E-state index in [-0.39, 0.29) is 18.3 Å². The van der Waals surface area contributed by atoms with Crippen molar-refractivity contribution in [1.29, 1.82) is 0 Å². The van der Waals surface area contributed by atoms with Gasteiger partial charge in [-0.2, -0.15) is 0 Å². The fourth-order valence-corrected chi connectivity index (χ4v) is 2.83. The van der Waals surface area contributed by atoms with Crippen LogP contribution in [0.5, 0.6) is 5.75 Å². The number of carbonyl (C=O) groups excluding carboxylic acids is 1. The third-order valence-electron chi connectivity index (χ3n) is 3.85. The van der Waals surface area contributed by atoms with Gasteiger partial charge >= 0.3 is 0 Å². The molecule has 1 aliphatic heterocycles. The molecule has 1 fully saturated rings. The van der Waals surface area contributed by atoms with Crippen molar-refractivity contribution in [1.82, 2.24) is 10.2 Å². The van der Waals surface area contributed by atoms with Crippen molar-refractivity contribution in [3.05, 3.63) is 29.8 Å². The molecule has 0 radical (unpaired) electrons. The summed E-state index contributed by atoms with van der Waals surface area (Å²) in [6, 6.07) is 7.54. The second-order valence-corrected chi connectivity index (χ2v) is 5.69. The fraction of sp³-hybridized carbons (Fsp3) is 0.588. The maximum Gasteiger partial charge on any atom is 0.253 e. The minimum absolute atomic E-state index is 0. The number of nitrogens with zero attached hydrogens (tertiary/aromatic N) is 1. The largest absolute Gasteiger partial charge is 0.494 e. The van der Waals surface area contributed by atoms with Crippen molar-refractivity contribution in [2.75, 3.05) is 33.3 Å². The lowest BCUT2D eigenvalue weighted by Gasteiger charge is -2.32. The summed E-state index contributed by atoms with van der Waals surface area (Å²) >= 11 is 0. The number of piperidine rings is 1. The predicted molar refractivity (Wildman–Crippen MR) is 92.0 cm³/mol. The Labute approximate surface area is 139 Å². The van der Waals surface area contributed by atoms with Gasteiger partial charge in [0.1, 0.15) is 5.75 Å². The number of ether oxygens (including phenoxy) is 1. The van der Waals surface area contributed by atoms with E-state index in [0.717, 1.165) is 43.8 Å². The summed E-state index contributed by atoms with van der Waals surface area (Å²) in [6.07, 6.45) is 3.25. The van der Waals surface area contributed by atoms with Crippen LogP contribution in [0.25, 0.3) is 0 Å². The molecule has 124 valence electrons. The topological polar surface area (TPSA) is 41.6 Å². The number of hydrogen-bond donors (Lipinski definition) is 1. The molecule has 1 aliphatic rings. The standard InChI is InChI=1S/C17H26N2O2.ClH/c1-3-10-21-16-8-4-7-15(11-16)17(20)19-9-5-6-14(13-19)12-18-2;/h4,7-8,11,14,18H,3,5-6,9-10,12-13H2,1-2H3;1H. The molecular formula is C17H27ClN2O2. The Morgan fingerprint density at radius 3 is 3.00 bits per heavy atom. The highest BCUT2D eigenvalue weighted by atomic mass is 35.5. The van der Waals surface area contributed by atoms with Crippen molar-refractivity contribution < 1.29 is 9.53 Å². The van der Waals surface area contributed by atoms with Gasteiger partial charge in [-0.3, -0.25) is 4.79 Å². The van der Waals surface area contributed by atoms with E-state index in [0.29, 0.717) is 12.5 Å². The van der Waals surface area contributed by atoms with Crippen LogP contribution in [0.4, 0.5) is 0 Å². The molecule has 0 aliphatic carbocycles. The molecule has 1 saturated heterocycles. The zero-order valence-electron chi connectivity index (χ0n) is 13.5. The van der Waals surface area contributed by atoms with Crippen LogP contribution in [0.3, 0.4) is 0 Å². The van der Waals surface area contributed by atoms with E-state index >= 15 is 0 Å². The number of halogens is 1. The smallest absolute Gasteiger partial charge is 0.253 e. The summed E-state index contributed by atoms with van der Waals surface area (Å²) in [5, 5.41) is 3.21. The fourth-order valence-electron chi connectivity index (χ4n) is 2.83. The first-order valence-electron chi connectivity index (χ1n) is 7.91. The van der Waals surface area contributed by atoms with Gasteiger partial charge in [0, 0.05) is 18.7 Å². The zero-order valence-corrected chi connectivity index (χ0v) is 14.3. The lowest BCUT2D eigenvalue weighted by molar-refractivity contribution is 0.0674. The third kappa shape index (κ3) is 5.18. The van der Waals surface area contributed by atoms with Gasteiger partial charge in [0.2, 0.25) is 0 Å². The highest BCUT2D eigenvalue weighted by Crippen LogP contribution is 2.20. The van der Waals surface area contributed by atoms with Crippen LogP contribution >= 0.6 is 12.4 Å². The van der Waals surface area contributed by atoms with Crippen LogP contribution in [-0.2, 0) is 0 Å². The Morgan fingerprint density at radius 2 is 2.27 bits per heavy atom. The molecule has 1 heterocycles. The Hall–Kier alpha value is -1.26. The Morgan fingerprint density at radius 1 is 1.45 bits per heavy atom. The Kier molecular flexibility index (Phi) is 8.28. The zero-order chi connectivity index (χ0) is 15.1. The maximum atomic E-state index is 12.6. The van der Waals surface area contributed by atoms with Crippen LogP contribution in [0.1, 0.15) is 36.5 Å². The summed E-state index contributed by atoms with van der Waals surface area (Å²) in [6.45, 7) is 5.44. The number of nitrogens with one attached hydrogen (secondary N) is 1. The summed E-state index contributed by atoms with van der Waals surface area (Å²) < 4.78 is 5.61. The average Bonchev–Trinajstić information content (AvgIpc) is 2.53. The molecule has 0 bridgehead atoms. The predicted octanol–water partition coefficient (Wildman–Crippen LogP) is 2.97. The number of carbonyl (C=O) groups is 1. The minimum atomic E-state index is 0. The number of rotatable bonds is 6. The molecule has 1 atom stereocenters. The molecule has 1 aromatic rings. The SMILES string of the molecule is CCCOc1cccc(C(=O)N2CCCC(CNC)C2)c1.Cl. The highest BCUT2D eigenvalue weighted by molar-refractivity contribution is 5.94. The lowest BCUT2D eigenvalue weighted by Crippen LogP contribution is -2.42. The molecular weight excluding hydrogens is 300 g/mol. The minimum Gasteiger partial charge on any atom is -0.494 e. The van der Waals surface area contributed by atoms with Crippen LogP contribution in [0, 0.1) is 5.92 Å². The first-order chi connectivity index (χ1) is 10.2. The van der Waals surface area contributed by atoms with Crippen LogP contribution in [0.15, 0.2) is 24.3 Å². The van der Waals surface area contributed by atoms with Crippen LogP contribution < -0.4 is 10.1 Å². The van der Waals surface area contributed by atoms with Gasteiger partial charge in [-0.25, -0.2) is 0 Å². The van der Waals surface area contributed by atoms with Crippen molar-refractivity contribution in [3.63, 3.8) is 0 Å². The molecule has 0 aromatic heterocycles. The number of hydrogen-bond acceptors (Lipinski definition) is 3. The quantitative estimate of drug-likeness (QED) is 0.874. The second-order valence-electron chi connectivity index (χ2n) is 5.69. The van der Waals surface area contributed by atoms with Gasteiger partial charge in [-0.15, -0.1) is 12.4 Å². The molecule has 2 rings (SSSR count). The summed E-state index contributed by atoms with van der Waals surface area (Å²) in [5.74, 6) is 1.47. The molecule has 1 unspecified atom stereocenters. The van der Waals surface area contributed by atoms with Crippen LogP contribution in [-0.4, -0.2) is 44.1 Å². The molecule has 1 amide bonds. The maximum absolute atomic E-state index is 12.6. The molecule has 0 spiro atoms. The van der Waals surface area contributed by atoms with Crippen molar-refractivity contribution in [3.8, 4) is 5.75 Å². The third-order valence-corrected chi connectivity index (χ3v) is 3.85. The van der Waals surface area contributed by atoms with E-state index in [9.17, 15) is 4.79 Å². The lowest BCUT2D eigenvalue weighted by atomic mass is 9.97. The molecule has 5 heteroatoms. The van der Waals surface area contributed by atoms with E-state index in [1.54, 1.807) is 0 Å². The first kappa shape index (κ1) is 18.8. The van der Waals surface area contributed by atoms with Gasteiger partial charge in [0.15, 0.2) is 0 Å². The molecule has 1 N–H and O–H groups in total. The van der Waals surface area contributed by atoms with E-state index in [4.69, 9.17) is 4.74 Å². The number of benzene rings is 1. The van der Waals surface area contributed by atoms with Gasteiger partial charge in [0.05, 0.1) is 6.61 Å². The van der Waals surface area contributed by atoms with Gasteiger partial charge in [-0.1, -0.05) is 13.0 Å². The summed E-state index contributed by atoms with van der Waals surface area (Å²) in [4.78, 5) is 14.6. The highest BCUT2D eigenvalue weighted by Gasteiger charge is 2.24. The van der Waals surface area contributed by atoms with Crippen molar-refractivity contribution in [2.24, 2.45) is 5.92 Å². The number of likely N-dealkylation sites (tertiary alicyclic amines) is 1. The molecule has 4 nitrogen and oxygen atoms in total. The van der Waals surface area contributed by atoms with Crippen LogP contribution in [0.2, 0.25) is 0 Å². The summed E-state index contributed by atoms with van der Waals surface area (Å²) in [5.41, 5.74) is 0.730. The van der Waals surface area contributed by atoms with Crippen molar-refractivity contribution >= 4 is 18.3 Å². The Bertz CT molecular complexity index is 466. The van der Waals surface area contributed by atoms with Crippen molar-refractivity contribution in [2.45, 2.75) is 26.2 Å². The molecule has 1 aromatic carbocycles. The van der Waals surface area contributed by atoms with E-state index in [1.807, 2.05) is 36.2 Å². The van der Waals surface area contributed by atoms with E-state index in [2.05, 4.69) is 12.2 Å². The molecule has 0 saturated carbocycles. The Balaban J connectivity index is 0.00000242. The van der Waals surface area contributed by atoms with Gasteiger partial charge in [0.25, 0.3) is 5.91 Å². The second kappa shape index (κ2) is 9.70. The monoisotopic (exact) mass is 326 g/mol. The number of amides is 1. The van der Waals surface area contributed by atoms with E-state index in [1.165, 1.54) is 6.42 Å².